The summed E-state index contributed by atoms with van der Waals surface area (Å²) >= 11 is 2.17. The number of hydrogen-bond acceptors (Lipinski definition) is 4. The number of carbonyl (C=O) groups is 1. The Kier molecular flexibility index (Phi) is 3.75. The van der Waals surface area contributed by atoms with Crippen LogP contribution in [0.25, 0.3) is 0 Å². The summed E-state index contributed by atoms with van der Waals surface area (Å²) in [6.45, 7) is 1.60. The molecule has 0 bridgehead atoms. The quantitative estimate of drug-likeness (QED) is 0.857. The molecule has 92 valence electrons. The average molecular weight is 356 g/mol. The Balaban J connectivity index is 2.25. The summed E-state index contributed by atoms with van der Waals surface area (Å²) in [6.07, 6.45) is 1.24. The molecule has 2 rings (SSSR count). The first-order chi connectivity index (χ1) is 8.56. The van der Waals surface area contributed by atoms with Crippen molar-refractivity contribution < 1.29 is 14.6 Å². The summed E-state index contributed by atoms with van der Waals surface area (Å²) in [5.74, 6) is -0.433. The lowest BCUT2D eigenvalue weighted by Crippen LogP contribution is -2.04. The molecule has 18 heavy (non-hydrogen) atoms. The van der Waals surface area contributed by atoms with Crippen molar-refractivity contribution in [2.45, 2.75) is 6.92 Å². The third-order valence-electron chi connectivity index (χ3n) is 2.19. The van der Waals surface area contributed by atoms with E-state index in [0.717, 1.165) is 3.57 Å². The van der Waals surface area contributed by atoms with Gasteiger partial charge in [-0.1, -0.05) is 6.07 Å². The smallest absolute Gasteiger partial charge is 0.339 e. The summed E-state index contributed by atoms with van der Waals surface area (Å²) in [5.41, 5.74) is 0.447. The van der Waals surface area contributed by atoms with E-state index >= 15 is 0 Å². The molecule has 0 saturated carbocycles. The van der Waals surface area contributed by atoms with Gasteiger partial charge in [-0.2, -0.15) is 4.98 Å². The highest BCUT2D eigenvalue weighted by Crippen LogP contribution is 2.20. The number of benzene rings is 1. The van der Waals surface area contributed by atoms with Crippen molar-refractivity contribution in [1.82, 2.24) is 9.97 Å². The Morgan fingerprint density at radius 2 is 2.22 bits per heavy atom. The minimum absolute atomic E-state index is 0.0741. The van der Waals surface area contributed by atoms with E-state index in [0.29, 0.717) is 11.4 Å². The highest BCUT2D eigenvalue weighted by molar-refractivity contribution is 14.1. The van der Waals surface area contributed by atoms with Gasteiger partial charge in [0, 0.05) is 9.77 Å². The summed E-state index contributed by atoms with van der Waals surface area (Å²) < 4.78 is 6.49. The van der Waals surface area contributed by atoms with Crippen LogP contribution in [0.3, 0.4) is 0 Å². The van der Waals surface area contributed by atoms with Gasteiger partial charge in [0.05, 0.1) is 11.3 Å². The predicted molar refractivity (Wildman–Crippen MR) is 73.0 cm³/mol. The van der Waals surface area contributed by atoms with Crippen LogP contribution < -0.4 is 4.74 Å². The lowest BCUT2D eigenvalue weighted by molar-refractivity contribution is 0.0695. The first-order valence-corrected chi connectivity index (χ1v) is 6.14. The van der Waals surface area contributed by atoms with E-state index in [2.05, 4.69) is 32.6 Å². The Labute approximate surface area is 117 Å². The van der Waals surface area contributed by atoms with E-state index in [1.165, 1.54) is 6.20 Å². The number of aromatic nitrogens is 2. The van der Waals surface area contributed by atoms with Crippen LogP contribution in [0.15, 0.2) is 30.5 Å². The average Bonchev–Trinajstić information content (AvgIpc) is 2.28. The van der Waals surface area contributed by atoms with Crippen LogP contribution in [0.4, 0.5) is 0 Å². The fourth-order valence-electron chi connectivity index (χ4n) is 1.34. The molecule has 0 amide bonds. The summed E-state index contributed by atoms with van der Waals surface area (Å²) in [6, 6.07) is 7.55. The molecule has 0 spiro atoms. The molecule has 1 aromatic carbocycles. The topological polar surface area (TPSA) is 72.3 Å². The number of carboxylic acids is 1. The number of rotatable bonds is 3. The molecular formula is C12H9IN2O3. The molecule has 0 aliphatic rings. The third-order valence-corrected chi connectivity index (χ3v) is 2.86. The van der Waals surface area contributed by atoms with Crippen molar-refractivity contribution in [1.29, 1.82) is 0 Å². The third kappa shape index (κ3) is 2.95. The van der Waals surface area contributed by atoms with Gasteiger partial charge < -0.3 is 9.84 Å². The molecule has 1 N–H and O–H groups in total. The van der Waals surface area contributed by atoms with E-state index in [9.17, 15) is 4.79 Å². The van der Waals surface area contributed by atoms with Gasteiger partial charge in [0.15, 0.2) is 0 Å². The highest BCUT2D eigenvalue weighted by atomic mass is 127. The number of aryl methyl sites for hydroxylation is 1. The lowest BCUT2D eigenvalue weighted by atomic mass is 10.2. The van der Waals surface area contributed by atoms with Crippen LogP contribution in [0.1, 0.15) is 16.1 Å². The van der Waals surface area contributed by atoms with E-state index in [4.69, 9.17) is 9.84 Å². The van der Waals surface area contributed by atoms with Crippen molar-refractivity contribution in [2.75, 3.05) is 0 Å². The minimum Gasteiger partial charge on any atom is -0.478 e. The standard InChI is InChI=1S/C12H9IN2O3/c1-7-10(11(16)17)6-14-12(15-7)18-9-4-2-3-8(13)5-9/h2-6H,1H3,(H,16,17). The highest BCUT2D eigenvalue weighted by Gasteiger charge is 2.10. The van der Waals surface area contributed by atoms with Crippen molar-refractivity contribution in [3.8, 4) is 11.8 Å². The van der Waals surface area contributed by atoms with Gasteiger partial charge in [-0.25, -0.2) is 9.78 Å². The van der Waals surface area contributed by atoms with Crippen LogP contribution in [-0.4, -0.2) is 21.0 Å². The number of aromatic carboxylic acids is 1. The van der Waals surface area contributed by atoms with E-state index in [1.54, 1.807) is 13.0 Å². The number of ether oxygens (including phenoxy) is 1. The fraction of sp³-hybridized carbons (Fsp3) is 0.0833. The van der Waals surface area contributed by atoms with Gasteiger partial charge in [0.1, 0.15) is 5.75 Å². The molecule has 1 aromatic heterocycles. The van der Waals surface area contributed by atoms with Gasteiger partial charge in [-0.3, -0.25) is 0 Å². The number of halogens is 1. The maximum Gasteiger partial charge on any atom is 0.339 e. The second-order valence-corrected chi connectivity index (χ2v) is 4.76. The summed E-state index contributed by atoms with van der Waals surface area (Å²) in [7, 11) is 0. The van der Waals surface area contributed by atoms with E-state index < -0.39 is 5.97 Å². The maximum absolute atomic E-state index is 10.8. The van der Waals surface area contributed by atoms with Gasteiger partial charge in [-0.05, 0) is 47.7 Å². The van der Waals surface area contributed by atoms with Crippen LogP contribution in [0.5, 0.6) is 11.8 Å². The summed E-state index contributed by atoms with van der Waals surface area (Å²) in [4.78, 5) is 18.7. The van der Waals surface area contributed by atoms with Gasteiger partial charge in [0.25, 0.3) is 0 Å². The van der Waals surface area contributed by atoms with Gasteiger partial charge in [-0.15, -0.1) is 0 Å². The second-order valence-electron chi connectivity index (χ2n) is 3.52. The second kappa shape index (κ2) is 5.30. The van der Waals surface area contributed by atoms with Crippen molar-refractivity contribution in [2.24, 2.45) is 0 Å². The van der Waals surface area contributed by atoms with Crippen molar-refractivity contribution in [3.63, 3.8) is 0 Å². The zero-order chi connectivity index (χ0) is 13.1. The molecule has 0 unspecified atom stereocenters. The Morgan fingerprint density at radius 1 is 1.44 bits per heavy atom. The van der Waals surface area contributed by atoms with E-state index in [1.807, 2.05) is 18.2 Å². The summed E-state index contributed by atoms with van der Waals surface area (Å²) in [5, 5.41) is 8.86. The van der Waals surface area contributed by atoms with Gasteiger partial charge in [0.2, 0.25) is 0 Å². The van der Waals surface area contributed by atoms with Gasteiger partial charge >= 0.3 is 12.0 Å². The number of nitrogens with zero attached hydrogens (tertiary/aromatic N) is 2. The largest absolute Gasteiger partial charge is 0.478 e. The Bertz CT molecular complexity index is 602. The number of hydrogen-bond donors (Lipinski definition) is 1. The fourth-order valence-corrected chi connectivity index (χ4v) is 1.86. The predicted octanol–water partition coefficient (Wildman–Crippen LogP) is 2.88. The van der Waals surface area contributed by atoms with Crippen molar-refractivity contribution >= 4 is 28.6 Å². The van der Waals surface area contributed by atoms with Crippen molar-refractivity contribution in [3.05, 3.63) is 45.3 Å². The minimum atomic E-state index is -1.05. The van der Waals surface area contributed by atoms with Crippen LogP contribution in [0, 0.1) is 10.5 Å². The molecule has 0 aliphatic heterocycles. The molecule has 0 fully saturated rings. The molecule has 2 aromatic rings. The number of carboxylic acid groups (broad SMARTS) is 1. The molecular weight excluding hydrogens is 347 g/mol. The van der Waals surface area contributed by atoms with Crippen LogP contribution in [-0.2, 0) is 0 Å². The molecule has 0 radical (unpaired) electrons. The molecule has 0 aliphatic carbocycles. The molecule has 1 heterocycles. The van der Waals surface area contributed by atoms with Crippen LogP contribution in [0.2, 0.25) is 0 Å². The molecule has 0 saturated heterocycles. The first-order valence-electron chi connectivity index (χ1n) is 5.06. The monoisotopic (exact) mass is 356 g/mol. The normalized spacial score (nSPS) is 10.1. The molecule has 5 nitrogen and oxygen atoms in total. The maximum atomic E-state index is 10.8. The SMILES string of the molecule is Cc1nc(Oc2cccc(I)c2)ncc1C(=O)O. The van der Waals surface area contributed by atoms with Crippen LogP contribution >= 0.6 is 22.6 Å². The van der Waals surface area contributed by atoms with E-state index in [-0.39, 0.29) is 11.6 Å². The zero-order valence-electron chi connectivity index (χ0n) is 9.42. The molecule has 6 heteroatoms. The lowest BCUT2D eigenvalue weighted by Gasteiger charge is -2.05. The Hall–Kier alpha value is -1.70. The zero-order valence-corrected chi connectivity index (χ0v) is 11.6. The molecule has 0 atom stereocenters. The first kappa shape index (κ1) is 12.7. The Morgan fingerprint density at radius 3 is 2.83 bits per heavy atom.